The van der Waals surface area contributed by atoms with Crippen LogP contribution in [0.15, 0.2) is 18.2 Å². The van der Waals surface area contributed by atoms with Gasteiger partial charge in [0.15, 0.2) is 5.13 Å². The van der Waals surface area contributed by atoms with Crippen LogP contribution in [0.5, 0.6) is 0 Å². The van der Waals surface area contributed by atoms with E-state index in [1.165, 1.54) is 35.9 Å². The van der Waals surface area contributed by atoms with E-state index in [9.17, 15) is 4.39 Å². The molecule has 2 heterocycles. The van der Waals surface area contributed by atoms with Gasteiger partial charge in [-0.05, 0) is 25.0 Å². The van der Waals surface area contributed by atoms with Crippen molar-refractivity contribution >= 4 is 29.6 Å². The van der Waals surface area contributed by atoms with Gasteiger partial charge in [-0.1, -0.05) is 0 Å². The summed E-state index contributed by atoms with van der Waals surface area (Å²) in [4.78, 5) is 0.987. The number of rotatable bonds is 4. The summed E-state index contributed by atoms with van der Waals surface area (Å²) in [5.41, 5.74) is 1.30. The van der Waals surface area contributed by atoms with Gasteiger partial charge in [-0.15, -0.1) is 23.7 Å². The Hall–Kier alpha value is -1.07. The molecule has 0 amide bonds. The van der Waals surface area contributed by atoms with E-state index in [1.54, 1.807) is 6.07 Å². The summed E-state index contributed by atoms with van der Waals surface area (Å²) in [5, 5.41) is 7.50. The van der Waals surface area contributed by atoms with Gasteiger partial charge in [0.2, 0.25) is 0 Å². The molecule has 1 saturated carbocycles. The maximum atomic E-state index is 12.8. The molecule has 3 rings (SSSR count). The van der Waals surface area contributed by atoms with E-state index in [4.69, 9.17) is 0 Å². The summed E-state index contributed by atoms with van der Waals surface area (Å²) in [6.45, 7) is 0.635. The summed E-state index contributed by atoms with van der Waals surface area (Å²) < 4.78 is 14.7. The lowest BCUT2D eigenvalue weighted by atomic mass is 10.3. The quantitative estimate of drug-likeness (QED) is 0.932. The molecule has 1 fully saturated rings. The van der Waals surface area contributed by atoms with Gasteiger partial charge in [0.1, 0.15) is 5.82 Å². The third-order valence-corrected chi connectivity index (χ3v) is 3.86. The minimum absolute atomic E-state index is 0. The van der Waals surface area contributed by atoms with Crippen molar-refractivity contribution in [2.75, 3.05) is 5.32 Å². The fourth-order valence-corrected chi connectivity index (χ4v) is 2.62. The number of nitrogens with one attached hydrogen (secondary N) is 1. The molecule has 18 heavy (non-hydrogen) atoms. The Morgan fingerprint density at radius 3 is 2.89 bits per heavy atom. The van der Waals surface area contributed by atoms with Gasteiger partial charge in [0.05, 0.1) is 6.54 Å². The smallest absolute Gasteiger partial charge is 0.176 e. The van der Waals surface area contributed by atoms with Crippen LogP contribution in [0.25, 0.3) is 0 Å². The summed E-state index contributed by atoms with van der Waals surface area (Å²) in [6.07, 6.45) is 2.55. The van der Waals surface area contributed by atoms with Crippen molar-refractivity contribution in [2.45, 2.75) is 25.3 Å². The fraction of sp³-hybridized carbons (Fsp3) is 0.417. The minimum atomic E-state index is -0.138. The van der Waals surface area contributed by atoms with Gasteiger partial charge in [-0.3, -0.25) is 4.68 Å². The number of hydrogen-bond acceptors (Lipinski definition) is 3. The van der Waals surface area contributed by atoms with Crippen molar-refractivity contribution in [2.24, 2.45) is 7.05 Å². The Bertz CT molecular complexity index is 533. The Balaban J connectivity index is 0.00000120. The van der Waals surface area contributed by atoms with Crippen molar-refractivity contribution < 1.29 is 4.39 Å². The Kier molecular flexibility index (Phi) is 3.92. The van der Waals surface area contributed by atoms with Crippen LogP contribution in [0.2, 0.25) is 0 Å². The molecule has 6 heteroatoms. The number of halogens is 2. The molecule has 1 aliphatic carbocycles. The van der Waals surface area contributed by atoms with Gasteiger partial charge in [-0.2, -0.15) is 9.49 Å². The average molecular weight is 288 g/mol. The second-order valence-electron chi connectivity index (χ2n) is 4.41. The zero-order chi connectivity index (χ0) is 11.8. The predicted octanol–water partition coefficient (Wildman–Crippen LogP) is 3.53. The second-order valence-corrected chi connectivity index (χ2v) is 5.53. The first kappa shape index (κ1) is 13.4. The molecule has 3 nitrogen and oxygen atoms in total. The van der Waals surface area contributed by atoms with Gasteiger partial charge < -0.3 is 5.32 Å². The highest BCUT2D eigenvalue weighted by Gasteiger charge is 2.27. The Morgan fingerprint density at radius 1 is 1.50 bits per heavy atom. The molecule has 0 radical (unpaired) electrons. The molecule has 1 aliphatic rings. The summed E-state index contributed by atoms with van der Waals surface area (Å²) >= 11 is 1.17. The van der Waals surface area contributed by atoms with Crippen molar-refractivity contribution in [1.29, 1.82) is 0 Å². The van der Waals surface area contributed by atoms with Gasteiger partial charge in [0.25, 0.3) is 0 Å². The van der Waals surface area contributed by atoms with E-state index >= 15 is 0 Å². The van der Waals surface area contributed by atoms with Gasteiger partial charge in [0, 0.05) is 29.6 Å². The highest BCUT2D eigenvalue weighted by atomic mass is 35.5. The average Bonchev–Trinajstić information content (AvgIpc) is 2.95. The molecule has 0 aliphatic heterocycles. The lowest BCUT2D eigenvalue weighted by Gasteiger charge is -1.98. The number of anilines is 1. The van der Waals surface area contributed by atoms with Crippen molar-refractivity contribution in [1.82, 2.24) is 9.78 Å². The number of aryl methyl sites for hydroxylation is 1. The Morgan fingerprint density at radius 2 is 2.28 bits per heavy atom. The first-order valence-corrected chi connectivity index (χ1v) is 6.56. The highest BCUT2D eigenvalue weighted by molar-refractivity contribution is 7.10. The van der Waals surface area contributed by atoms with Gasteiger partial charge in [-0.25, -0.2) is 0 Å². The zero-order valence-electron chi connectivity index (χ0n) is 10.0. The number of hydrogen-bond donors (Lipinski definition) is 1. The van der Waals surface area contributed by atoms with Crippen molar-refractivity contribution in [3.05, 3.63) is 33.9 Å². The normalized spacial score (nSPS) is 14.3. The third kappa shape index (κ3) is 2.84. The lowest BCUT2D eigenvalue weighted by Crippen LogP contribution is -1.99. The molecule has 2 aromatic rings. The van der Waals surface area contributed by atoms with Crippen LogP contribution in [-0.2, 0) is 13.6 Å². The minimum Gasteiger partial charge on any atom is -0.364 e. The van der Waals surface area contributed by atoms with Crippen LogP contribution in [-0.4, -0.2) is 9.78 Å². The molecular formula is C12H15ClFN3S. The molecule has 0 aromatic carbocycles. The fourth-order valence-electron chi connectivity index (χ4n) is 1.95. The Labute approximate surface area is 115 Å². The van der Waals surface area contributed by atoms with E-state index in [-0.39, 0.29) is 17.5 Å². The summed E-state index contributed by atoms with van der Waals surface area (Å²) in [5.74, 6) is 1.57. The third-order valence-electron chi connectivity index (χ3n) is 2.98. The van der Waals surface area contributed by atoms with E-state index in [1.807, 2.05) is 11.7 Å². The second kappa shape index (κ2) is 5.28. The molecule has 2 aromatic heterocycles. The molecular weight excluding hydrogens is 273 g/mol. The molecule has 0 unspecified atom stereocenters. The number of aromatic nitrogens is 2. The zero-order valence-corrected chi connectivity index (χ0v) is 11.7. The summed E-state index contributed by atoms with van der Waals surface area (Å²) in [6, 6.07) is 5.40. The molecule has 0 atom stereocenters. The molecule has 0 spiro atoms. The van der Waals surface area contributed by atoms with E-state index in [2.05, 4.69) is 16.5 Å². The van der Waals surface area contributed by atoms with Crippen LogP contribution in [0.1, 0.15) is 29.3 Å². The molecule has 1 N–H and O–H groups in total. The predicted molar refractivity (Wildman–Crippen MR) is 74.0 cm³/mol. The highest BCUT2D eigenvalue weighted by Crippen LogP contribution is 2.40. The maximum absolute atomic E-state index is 12.8. The van der Waals surface area contributed by atoms with Crippen LogP contribution in [0.4, 0.5) is 10.2 Å². The van der Waals surface area contributed by atoms with E-state index in [0.717, 1.165) is 10.7 Å². The van der Waals surface area contributed by atoms with Crippen LogP contribution in [0, 0.1) is 5.13 Å². The lowest BCUT2D eigenvalue weighted by molar-refractivity contribution is 0.657. The topological polar surface area (TPSA) is 29.9 Å². The SMILES string of the molecule is Cl.Cn1nc(NCc2ccc(F)s2)cc1C1CC1. The largest absolute Gasteiger partial charge is 0.364 e. The van der Waals surface area contributed by atoms with E-state index < -0.39 is 0 Å². The van der Waals surface area contributed by atoms with Crippen LogP contribution >= 0.6 is 23.7 Å². The van der Waals surface area contributed by atoms with Crippen molar-refractivity contribution in [3.8, 4) is 0 Å². The van der Waals surface area contributed by atoms with Crippen LogP contribution in [0.3, 0.4) is 0 Å². The first-order valence-electron chi connectivity index (χ1n) is 5.74. The van der Waals surface area contributed by atoms with Gasteiger partial charge >= 0.3 is 0 Å². The standard InChI is InChI=1S/C12H14FN3S.ClH/c1-16-10(8-2-3-8)6-12(15-16)14-7-9-4-5-11(13)17-9;/h4-6,8H,2-3,7H2,1H3,(H,14,15);1H. The maximum Gasteiger partial charge on any atom is 0.176 e. The number of thiophene rings is 1. The molecule has 98 valence electrons. The molecule has 0 saturated heterocycles. The van der Waals surface area contributed by atoms with E-state index in [0.29, 0.717) is 12.5 Å². The number of nitrogens with zero attached hydrogens (tertiary/aromatic N) is 2. The summed E-state index contributed by atoms with van der Waals surface area (Å²) in [7, 11) is 1.98. The molecule has 0 bridgehead atoms. The van der Waals surface area contributed by atoms with Crippen molar-refractivity contribution in [3.63, 3.8) is 0 Å². The van der Waals surface area contributed by atoms with Crippen LogP contribution < -0.4 is 5.32 Å². The first-order chi connectivity index (χ1) is 8.22. The monoisotopic (exact) mass is 287 g/mol.